The molecule has 0 fully saturated rings. The number of aromatic nitrogens is 7. The largest absolute Gasteiger partial charge is 0.454 e. The topological polar surface area (TPSA) is 109 Å². The van der Waals surface area contributed by atoms with Crippen LogP contribution in [0.15, 0.2) is 173 Å². The molecule has 0 saturated heterocycles. The molecular formula is C48H27N7O2. The molecule has 57 heavy (non-hydrogen) atoms. The molecule has 9 heterocycles. The third-order valence-electron chi connectivity index (χ3n) is 10.7. The van der Waals surface area contributed by atoms with Crippen molar-refractivity contribution in [3.8, 4) is 50.5 Å². The van der Waals surface area contributed by atoms with Crippen LogP contribution in [0.25, 0.3) is 117 Å². The van der Waals surface area contributed by atoms with Gasteiger partial charge in [0.15, 0.2) is 11.2 Å². The lowest BCUT2D eigenvalue weighted by Crippen LogP contribution is -1.96. The summed E-state index contributed by atoms with van der Waals surface area (Å²) in [7, 11) is 0. The van der Waals surface area contributed by atoms with Crippen molar-refractivity contribution in [3.05, 3.63) is 165 Å². The molecule has 0 unspecified atom stereocenters. The second-order valence-corrected chi connectivity index (χ2v) is 14.0. The molecule has 0 aliphatic carbocycles. The van der Waals surface area contributed by atoms with Crippen molar-refractivity contribution in [1.82, 2.24) is 34.5 Å². The lowest BCUT2D eigenvalue weighted by atomic mass is 9.97. The van der Waals surface area contributed by atoms with Crippen LogP contribution in [0, 0.1) is 0 Å². The number of benzene rings is 3. The zero-order valence-electron chi connectivity index (χ0n) is 30.0. The quantitative estimate of drug-likeness (QED) is 0.172. The van der Waals surface area contributed by atoms with E-state index in [2.05, 4.69) is 57.0 Å². The Balaban J connectivity index is 1.11. The highest BCUT2D eigenvalue weighted by Gasteiger charge is 2.21. The van der Waals surface area contributed by atoms with E-state index < -0.39 is 0 Å². The summed E-state index contributed by atoms with van der Waals surface area (Å²) in [6, 6.07) is 42.8. The van der Waals surface area contributed by atoms with Gasteiger partial charge < -0.3 is 13.4 Å². The Morgan fingerprint density at radius 3 is 1.35 bits per heavy atom. The summed E-state index contributed by atoms with van der Waals surface area (Å²) in [5, 5.41) is 1.85. The lowest BCUT2D eigenvalue weighted by Gasteiger charge is -2.14. The van der Waals surface area contributed by atoms with Crippen molar-refractivity contribution < 1.29 is 8.83 Å². The van der Waals surface area contributed by atoms with Crippen LogP contribution >= 0.6 is 0 Å². The highest BCUT2D eigenvalue weighted by Crippen LogP contribution is 2.42. The van der Waals surface area contributed by atoms with Gasteiger partial charge in [0.1, 0.15) is 33.2 Å². The van der Waals surface area contributed by atoms with Crippen LogP contribution in [0.4, 0.5) is 0 Å². The number of rotatable bonds is 5. The van der Waals surface area contributed by atoms with Crippen molar-refractivity contribution in [3.63, 3.8) is 0 Å². The van der Waals surface area contributed by atoms with Crippen LogP contribution < -0.4 is 0 Å². The monoisotopic (exact) mass is 733 g/mol. The van der Waals surface area contributed by atoms with E-state index in [1.807, 2.05) is 110 Å². The second kappa shape index (κ2) is 12.2. The van der Waals surface area contributed by atoms with Gasteiger partial charge in [-0.3, -0.25) is 29.9 Å². The van der Waals surface area contributed by atoms with Crippen molar-refractivity contribution in [1.29, 1.82) is 0 Å². The molecule has 0 aliphatic rings. The lowest BCUT2D eigenvalue weighted by molar-refractivity contribution is 0.669. The fourth-order valence-electron chi connectivity index (χ4n) is 8.13. The van der Waals surface area contributed by atoms with Gasteiger partial charge in [0.25, 0.3) is 0 Å². The molecule has 0 N–H and O–H groups in total. The predicted molar refractivity (Wildman–Crippen MR) is 224 cm³/mol. The smallest absolute Gasteiger partial charge is 0.161 e. The number of hydrogen-bond donors (Lipinski definition) is 0. The van der Waals surface area contributed by atoms with Crippen molar-refractivity contribution in [2.24, 2.45) is 0 Å². The van der Waals surface area contributed by atoms with Gasteiger partial charge >= 0.3 is 0 Å². The van der Waals surface area contributed by atoms with E-state index in [1.54, 1.807) is 12.4 Å². The Morgan fingerprint density at radius 1 is 0.368 bits per heavy atom. The average Bonchev–Trinajstić information content (AvgIpc) is 3.96. The molecular weight excluding hydrogens is 707 g/mol. The zero-order chi connectivity index (χ0) is 37.5. The van der Waals surface area contributed by atoms with Crippen molar-refractivity contribution >= 4 is 66.2 Å². The Morgan fingerprint density at radius 2 is 0.860 bits per heavy atom. The molecule has 0 radical (unpaired) electrons. The van der Waals surface area contributed by atoms with Crippen LogP contribution in [-0.2, 0) is 0 Å². The normalized spacial score (nSPS) is 11.9. The maximum Gasteiger partial charge on any atom is 0.161 e. The fourth-order valence-corrected chi connectivity index (χ4v) is 8.13. The maximum absolute atomic E-state index is 6.66. The Kier molecular flexibility index (Phi) is 6.73. The average molecular weight is 734 g/mol. The van der Waals surface area contributed by atoms with Crippen LogP contribution in [0.3, 0.4) is 0 Å². The molecule has 12 rings (SSSR count). The summed E-state index contributed by atoms with van der Waals surface area (Å²) in [4.78, 5) is 28.4. The summed E-state index contributed by atoms with van der Waals surface area (Å²) in [6.07, 6.45) is 10.9. The van der Waals surface area contributed by atoms with Gasteiger partial charge in [-0.2, -0.15) is 0 Å². The third-order valence-corrected chi connectivity index (χ3v) is 10.7. The summed E-state index contributed by atoms with van der Waals surface area (Å²) in [5.74, 6) is 0. The van der Waals surface area contributed by atoms with Gasteiger partial charge in [-0.05, 0) is 126 Å². The number of nitrogens with zero attached hydrogens (tertiary/aromatic N) is 7. The van der Waals surface area contributed by atoms with Crippen LogP contribution in [0.1, 0.15) is 0 Å². The molecule has 12 aromatic rings. The van der Waals surface area contributed by atoms with Crippen LogP contribution in [0.2, 0.25) is 0 Å². The maximum atomic E-state index is 6.66. The number of fused-ring (bicyclic) bond motifs is 9. The van der Waals surface area contributed by atoms with E-state index in [1.165, 1.54) is 0 Å². The number of pyridine rings is 6. The minimum atomic E-state index is 0.699. The first kappa shape index (κ1) is 31.3. The second-order valence-electron chi connectivity index (χ2n) is 14.0. The van der Waals surface area contributed by atoms with E-state index in [9.17, 15) is 0 Å². The molecule has 3 aromatic carbocycles. The van der Waals surface area contributed by atoms with E-state index in [-0.39, 0.29) is 0 Å². The standard InChI is InChI=1S/C48H27N7O2/c1-3-17-49-37(7-1)28-11-13-41-35(26-28)43-47(56-41)33(15-21-53-43)30-23-31(25-32(24-30)55-39-9-5-19-51-45(39)46-40(55)10-6-20-52-46)34-16-22-54-44-36-27-29(38-8-2-4-18-50-38)12-14-42(36)57-48(34)44/h1-27H. The molecule has 0 saturated carbocycles. The first-order chi connectivity index (χ1) is 28.2. The first-order valence-electron chi connectivity index (χ1n) is 18.6. The summed E-state index contributed by atoms with van der Waals surface area (Å²) in [6.45, 7) is 0. The molecule has 0 aliphatic heterocycles. The molecule has 0 atom stereocenters. The van der Waals surface area contributed by atoms with Gasteiger partial charge in [-0.1, -0.05) is 12.1 Å². The molecule has 266 valence electrons. The zero-order valence-corrected chi connectivity index (χ0v) is 30.0. The molecule has 0 bridgehead atoms. The van der Waals surface area contributed by atoms with Gasteiger partial charge in [-0.15, -0.1) is 0 Å². The molecule has 0 spiro atoms. The minimum Gasteiger partial charge on any atom is -0.454 e. The molecule has 9 heteroatoms. The van der Waals surface area contributed by atoms with Gasteiger partial charge in [0.05, 0.1) is 22.4 Å². The van der Waals surface area contributed by atoms with E-state index in [4.69, 9.17) is 28.8 Å². The van der Waals surface area contributed by atoms with Crippen molar-refractivity contribution in [2.45, 2.75) is 0 Å². The molecule has 0 amide bonds. The number of furan rings is 2. The Bertz CT molecular complexity index is 3310. The molecule has 9 nitrogen and oxygen atoms in total. The van der Waals surface area contributed by atoms with Crippen LogP contribution in [-0.4, -0.2) is 34.5 Å². The van der Waals surface area contributed by atoms with E-state index in [0.29, 0.717) is 11.2 Å². The minimum absolute atomic E-state index is 0.699. The van der Waals surface area contributed by atoms with Gasteiger partial charge in [0.2, 0.25) is 0 Å². The summed E-state index contributed by atoms with van der Waals surface area (Å²) < 4.78 is 15.5. The van der Waals surface area contributed by atoms with Gasteiger partial charge in [-0.25, -0.2) is 0 Å². The third kappa shape index (κ3) is 4.89. The van der Waals surface area contributed by atoms with Gasteiger partial charge in [0, 0.05) is 75.9 Å². The Hall–Kier alpha value is -8.04. The highest BCUT2D eigenvalue weighted by atomic mass is 16.3. The predicted octanol–water partition coefficient (Wildman–Crippen LogP) is 11.6. The Labute approximate surface area is 323 Å². The van der Waals surface area contributed by atoms with Crippen molar-refractivity contribution in [2.75, 3.05) is 0 Å². The summed E-state index contributed by atoms with van der Waals surface area (Å²) >= 11 is 0. The summed E-state index contributed by atoms with van der Waals surface area (Å²) in [5.41, 5.74) is 16.4. The number of hydrogen-bond acceptors (Lipinski definition) is 8. The molecule has 9 aromatic heterocycles. The highest BCUT2D eigenvalue weighted by molar-refractivity contribution is 6.11. The van der Waals surface area contributed by atoms with E-state index in [0.717, 1.165) is 105 Å². The fraction of sp³-hybridized carbons (Fsp3) is 0. The van der Waals surface area contributed by atoms with Crippen LogP contribution in [0.5, 0.6) is 0 Å². The first-order valence-corrected chi connectivity index (χ1v) is 18.6. The SMILES string of the molecule is c1ccc(-c2ccc3oc4c(-c5cc(-c6ccnc7c6oc6ccc(-c8ccccn8)cc67)cc(-n6c7cccnc7c7ncccc76)c5)ccnc4c3c2)nc1. The van der Waals surface area contributed by atoms with E-state index >= 15 is 0 Å².